The molecule has 2 aliphatic rings. The highest BCUT2D eigenvalue weighted by Gasteiger charge is 2.26. The van der Waals surface area contributed by atoms with E-state index in [1.165, 1.54) is 0 Å². The molecule has 5 nitrogen and oxygen atoms in total. The lowest BCUT2D eigenvalue weighted by molar-refractivity contribution is 0.104. The molecule has 98 valence electrons. The monoisotopic (exact) mass is 249 g/mol. The highest BCUT2D eigenvalue weighted by Crippen LogP contribution is 2.40. The van der Waals surface area contributed by atoms with Gasteiger partial charge in [0.25, 0.3) is 0 Å². The molecule has 0 radical (unpaired) electrons. The summed E-state index contributed by atoms with van der Waals surface area (Å²) >= 11 is 0. The molecule has 0 saturated carbocycles. The summed E-state index contributed by atoms with van der Waals surface area (Å²) in [6.07, 6.45) is 0.0812. The van der Waals surface area contributed by atoms with Crippen molar-refractivity contribution in [1.29, 1.82) is 0 Å². The average Bonchev–Trinajstić information content (AvgIpc) is 2.38. The van der Waals surface area contributed by atoms with Gasteiger partial charge in [-0.2, -0.15) is 0 Å². The molecule has 2 aliphatic heterocycles. The van der Waals surface area contributed by atoms with Gasteiger partial charge in [-0.25, -0.2) is 0 Å². The highest BCUT2D eigenvalue weighted by atomic mass is 16.6. The zero-order chi connectivity index (χ0) is 12.5. The van der Waals surface area contributed by atoms with E-state index in [0.717, 1.165) is 36.8 Å². The Morgan fingerprint density at radius 2 is 2.33 bits per heavy atom. The summed E-state index contributed by atoms with van der Waals surface area (Å²) in [5, 5.41) is 3.28. The van der Waals surface area contributed by atoms with E-state index in [0.29, 0.717) is 6.61 Å². The number of hydrogen-bond donors (Lipinski definition) is 2. The van der Waals surface area contributed by atoms with Crippen molar-refractivity contribution in [1.82, 2.24) is 5.32 Å². The molecule has 1 fully saturated rings. The maximum Gasteiger partial charge on any atom is 0.184 e. The molecule has 1 aromatic carbocycles. The molecule has 1 saturated heterocycles. The molecule has 3 rings (SSSR count). The Hall–Kier alpha value is -1.46. The van der Waals surface area contributed by atoms with Crippen LogP contribution in [0.5, 0.6) is 11.5 Å². The Morgan fingerprint density at radius 1 is 1.44 bits per heavy atom. The van der Waals surface area contributed by atoms with Crippen LogP contribution < -0.4 is 25.4 Å². The quantitative estimate of drug-likeness (QED) is 0.761. The van der Waals surface area contributed by atoms with Gasteiger partial charge in [-0.3, -0.25) is 0 Å². The molecule has 0 aliphatic carbocycles. The van der Waals surface area contributed by atoms with E-state index in [-0.39, 0.29) is 12.3 Å². The number of fused-ring (bicyclic) bond motifs is 1. The van der Waals surface area contributed by atoms with E-state index >= 15 is 0 Å². The molecule has 18 heavy (non-hydrogen) atoms. The van der Waals surface area contributed by atoms with Crippen LogP contribution in [-0.4, -0.2) is 38.5 Å². The summed E-state index contributed by atoms with van der Waals surface area (Å²) in [6.45, 7) is 5.21. The Bertz CT molecular complexity index is 438. The summed E-state index contributed by atoms with van der Waals surface area (Å²) in [6, 6.07) is 5.98. The van der Waals surface area contributed by atoms with Crippen LogP contribution in [0.25, 0.3) is 0 Å². The van der Waals surface area contributed by atoms with E-state index in [1.54, 1.807) is 0 Å². The smallest absolute Gasteiger partial charge is 0.184 e. The van der Waals surface area contributed by atoms with Gasteiger partial charge in [0.05, 0.1) is 11.9 Å². The fourth-order valence-corrected chi connectivity index (χ4v) is 2.44. The first-order valence-corrected chi connectivity index (χ1v) is 6.41. The van der Waals surface area contributed by atoms with E-state index in [4.69, 9.17) is 15.2 Å². The summed E-state index contributed by atoms with van der Waals surface area (Å²) in [5.74, 6) is 1.64. The number of nitrogens with one attached hydrogen (secondary N) is 1. The minimum Gasteiger partial charge on any atom is -0.484 e. The zero-order valence-corrected chi connectivity index (χ0v) is 10.6. The zero-order valence-electron chi connectivity index (χ0n) is 10.6. The number of nitrogens with two attached hydrogens (primary N) is 1. The van der Waals surface area contributed by atoms with Crippen LogP contribution in [0.3, 0.4) is 0 Å². The van der Waals surface area contributed by atoms with Crippen molar-refractivity contribution < 1.29 is 9.47 Å². The molecule has 2 heterocycles. The second-order valence-corrected chi connectivity index (χ2v) is 4.81. The predicted molar refractivity (Wildman–Crippen MR) is 70.2 cm³/mol. The van der Waals surface area contributed by atoms with Crippen molar-refractivity contribution in [2.24, 2.45) is 5.73 Å². The first kappa shape index (κ1) is 11.6. The standard InChI is InChI=1S/C13H19N3O2/c1-9-8-17-13-10(3-2-4-11(13)18-9)16-6-5-15-7-12(16)14/h2-4,9,12,15H,5-8,14H2,1H3. The topological polar surface area (TPSA) is 59.8 Å². The van der Waals surface area contributed by atoms with Crippen LogP contribution >= 0.6 is 0 Å². The third-order valence-corrected chi connectivity index (χ3v) is 3.34. The number of piperazine rings is 1. The molecule has 5 heteroatoms. The van der Waals surface area contributed by atoms with Crippen LogP contribution in [0.15, 0.2) is 18.2 Å². The molecule has 0 bridgehead atoms. The summed E-state index contributed by atoms with van der Waals surface area (Å²) in [7, 11) is 0. The maximum absolute atomic E-state index is 6.14. The van der Waals surface area contributed by atoms with Gasteiger partial charge in [0, 0.05) is 19.6 Å². The minimum absolute atomic E-state index is 0.0202. The third-order valence-electron chi connectivity index (χ3n) is 3.34. The largest absolute Gasteiger partial charge is 0.484 e. The van der Waals surface area contributed by atoms with Crippen molar-refractivity contribution in [2.45, 2.75) is 19.2 Å². The van der Waals surface area contributed by atoms with Crippen molar-refractivity contribution in [3.8, 4) is 11.5 Å². The molecular weight excluding hydrogens is 230 g/mol. The number of benzene rings is 1. The predicted octanol–water partition coefficient (Wildman–Crippen LogP) is 0.541. The van der Waals surface area contributed by atoms with E-state index in [1.807, 2.05) is 25.1 Å². The molecular formula is C13H19N3O2. The molecule has 3 N–H and O–H groups in total. The van der Waals surface area contributed by atoms with Crippen LogP contribution in [0.4, 0.5) is 5.69 Å². The number of nitrogens with zero attached hydrogens (tertiary/aromatic N) is 1. The minimum atomic E-state index is -0.0202. The van der Waals surface area contributed by atoms with Gasteiger partial charge in [0.15, 0.2) is 11.5 Å². The SMILES string of the molecule is CC1COc2c(cccc2N2CCNCC2N)O1. The highest BCUT2D eigenvalue weighted by molar-refractivity contribution is 5.66. The molecule has 0 spiro atoms. The van der Waals surface area contributed by atoms with Gasteiger partial charge >= 0.3 is 0 Å². The van der Waals surface area contributed by atoms with Gasteiger partial charge in [0.2, 0.25) is 0 Å². The van der Waals surface area contributed by atoms with Crippen LogP contribution in [0, 0.1) is 0 Å². The van der Waals surface area contributed by atoms with Gasteiger partial charge in [-0.1, -0.05) is 6.07 Å². The Labute approximate surface area is 107 Å². The van der Waals surface area contributed by atoms with E-state index in [2.05, 4.69) is 10.2 Å². The molecule has 0 amide bonds. The van der Waals surface area contributed by atoms with Crippen molar-refractivity contribution in [2.75, 3.05) is 31.1 Å². The van der Waals surface area contributed by atoms with Crippen molar-refractivity contribution in [3.63, 3.8) is 0 Å². The lowest BCUT2D eigenvalue weighted by Gasteiger charge is -2.37. The lowest BCUT2D eigenvalue weighted by atomic mass is 10.2. The summed E-state index contributed by atoms with van der Waals surface area (Å²) in [5.41, 5.74) is 7.17. The number of rotatable bonds is 1. The molecule has 2 atom stereocenters. The van der Waals surface area contributed by atoms with E-state index < -0.39 is 0 Å². The van der Waals surface area contributed by atoms with Gasteiger partial charge < -0.3 is 25.4 Å². The summed E-state index contributed by atoms with van der Waals surface area (Å²) in [4.78, 5) is 2.18. The normalized spacial score (nSPS) is 27.1. The van der Waals surface area contributed by atoms with Crippen LogP contribution in [0.1, 0.15) is 6.92 Å². The van der Waals surface area contributed by atoms with Crippen LogP contribution in [-0.2, 0) is 0 Å². The summed E-state index contributed by atoms with van der Waals surface area (Å²) < 4.78 is 11.6. The molecule has 2 unspecified atom stereocenters. The second kappa shape index (κ2) is 4.66. The number of hydrogen-bond acceptors (Lipinski definition) is 5. The number of ether oxygens (including phenoxy) is 2. The number of anilines is 1. The fraction of sp³-hybridized carbons (Fsp3) is 0.538. The molecule has 1 aromatic rings. The first-order chi connectivity index (χ1) is 8.75. The first-order valence-electron chi connectivity index (χ1n) is 6.41. The van der Waals surface area contributed by atoms with Gasteiger partial charge in [-0.15, -0.1) is 0 Å². The van der Waals surface area contributed by atoms with E-state index in [9.17, 15) is 0 Å². The maximum atomic E-state index is 6.14. The lowest BCUT2D eigenvalue weighted by Crippen LogP contribution is -2.56. The van der Waals surface area contributed by atoms with Gasteiger partial charge in [0.1, 0.15) is 12.7 Å². The van der Waals surface area contributed by atoms with Crippen molar-refractivity contribution >= 4 is 5.69 Å². The Morgan fingerprint density at radius 3 is 3.17 bits per heavy atom. The number of para-hydroxylation sites is 1. The van der Waals surface area contributed by atoms with Gasteiger partial charge in [-0.05, 0) is 19.1 Å². The average molecular weight is 249 g/mol. The Balaban J connectivity index is 1.94. The fourth-order valence-electron chi connectivity index (χ4n) is 2.44. The van der Waals surface area contributed by atoms with Crippen LogP contribution in [0.2, 0.25) is 0 Å². The Kier molecular flexibility index (Phi) is 3.01. The molecule has 0 aromatic heterocycles. The third kappa shape index (κ3) is 2.00. The second-order valence-electron chi connectivity index (χ2n) is 4.81. The van der Waals surface area contributed by atoms with Crippen molar-refractivity contribution in [3.05, 3.63) is 18.2 Å².